The molecule has 2 atom stereocenters. The number of aromatic carboxylic acids is 1. The number of nitrogens with zero attached hydrogens (tertiary/aromatic N) is 2. The van der Waals surface area contributed by atoms with Crippen LogP contribution in [0.3, 0.4) is 0 Å². The van der Waals surface area contributed by atoms with Gasteiger partial charge in [-0.25, -0.2) is 9.48 Å². The minimum atomic E-state index is -4.58. The van der Waals surface area contributed by atoms with Gasteiger partial charge < -0.3 is 19.9 Å². The normalized spacial score (nSPS) is 19.4. The summed E-state index contributed by atoms with van der Waals surface area (Å²) in [5.74, 6) is -0.720. The van der Waals surface area contributed by atoms with Crippen LogP contribution in [-0.2, 0) is 0 Å². The van der Waals surface area contributed by atoms with Crippen molar-refractivity contribution in [2.75, 3.05) is 19.5 Å². The third-order valence-corrected chi connectivity index (χ3v) is 4.28. The number of methoxy groups -OCH3 is 2. The van der Waals surface area contributed by atoms with Gasteiger partial charge in [0.1, 0.15) is 11.4 Å². The van der Waals surface area contributed by atoms with Gasteiger partial charge in [0.05, 0.1) is 26.5 Å². The molecule has 26 heavy (non-hydrogen) atoms. The van der Waals surface area contributed by atoms with Gasteiger partial charge in [-0.1, -0.05) is 6.07 Å². The Bertz CT molecular complexity index is 835. The van der Waals surface area contributed by atoms with E-state index in [2.05, 4.69) is 10.4 Å². The Morgan fingerprint density at radius 2 is 2.00 bits per heavy atom. The molecule has 7 nitrogen and oxygen atoms in total. The molecule has 1 aliphatic rings. The van der Waals surface area contributed by atoms with Crippen molar-refractivity contribution in [1.29, 1.82) is 0 Å². The summed E-state index contributed by atoms with van der Waals surface area (Å²) in [6.07, 6.45) is -4.00. The minimum Gasteiger partial charge on any atom is -0.493 e. The Kier molecular flexibility index (Phi) is 4.43. The zero-order chi connectivity index (χ0) is 19.1. The van der Waals surface area contributed by atoms with E-state index in [1.165, 1.54) is 14.2 Å². The molecular weight excluding hydrogens is 355 g/mol. The maximum atomic E-state index is 13.5. The van der Waals surface area contributed by atoms with Crippen molar-refractivity contribution >= 4 is 11.8 Å². The highest BCUT2D eigenvalue weighted by Gasteiger charge is 2.47. The average molecular weight is 371 g/mol. The Labute approximate surface area is 146 Å². The lowest BCUT2D eigenvalue weighted by Gasteiger charge is -2.34. The molecule has 0 radical (unpaired) electrons. The quantitative estimate of drug-likeness (QED) is 0.858. The molecule has 3 rings (SSSR count). The standard InChI is InChI=1S/C16H16F3N3O4/c1-25-11-4-3-8(5-12(11)26-2)10-6-13(16(17,18)19)22-14(21-10)9(7-20-22)15(23)24/h3-5,7,10,13,21H,6H2,1-2H3,(H,23,24)/t10-,13+/m0/s1. The Morgan fingerprint density at radius 1 is 1.31 bits per heavy atom. The van der Waals surface area contributed by atoms with Crippen LogP contribution in [-0.4, -0.2) is 41.3 Å². The molecule has 0 unspecified atom stereocenters. The number of hydrogen-bond acceptors (Lipinski definition) is 5. The molecule has 1 aromatic heterocycles. The number of anilines is 1. The highest BCUT2D eigenvalue weighted by molar-refractivity contribution is 5.93. The second-order valence-corrected chi connectivity index (χ2v) is 5.76. The molecule has 0 spiro atoms. The molecule has 0 amide bonds. The molecular formula is C16H16F3N3O4. The van der Waals surface area contributed by atoms with E-state index in [0.717, 1.165) is 6.20 Å². The van der Waals surface area contributed by atoms with Gasteiger partial charge in [-0.05, 0) is 17.7 Å². The van der Waals surface area contributed by atoms with Crippen molar-refractivity contribution in [3.8, 4) is 11.5 Å². The van der Waals surface area contributed by atoms with Crippen molar-refractivity contribution in [2.45, 2.75) is 24.7 Å². The van der Waals surface area contributed by atoms with E-state index in [9.17, 15) is 23.1 Å². The van der Waals surface area contributed by atoms with Crippen LogP contribution in [0, 0.1) is 0 Å². The summed E-state index contributed by atoms with van der Waals surface area (Å²) in [5, 5.41) is 15.7. The summed E-state index contributed by atoms with van der Waals surface area (Å²) in [4.78, 5) is 11.3. The molecule has 0 aliphatic carbocycles. The molecule has 0 saturated carbocycles. The monoisotopic (exact) mass is 371 g/mol. The molecule has 1 aliphatic heterocycles. The van der Waals surface area contributed by atoms with Crippen LogP contribution >= 0.6 is 0 Å². The van der Waals surface area contributed by atoms with Crippen molar-refractivity contribution in [2.24, 2.45) is 0 Å². The predicted octanol–water partition coefficient (Wildman–Crippen LogP) is 3.26. The lowest BCUT2D eigenvalue weighted by Crippen LogP contribution is -2.36. The van der Waals surface area contributed by atoms with Crippen molar-refractivity contribution in [3.63, 3.8) is 0 Å². The van der Waals surface area contributed by atoms with Crippen molar-refractivity contribution in [3.05, 3.63) is 35.5 Å². The molecule has 10 heteroatoms. The summed E-state index contributed by atoms with van der Waals surface area (Å²) in [5.41, 5.74) is 0.199. The Morgan fingerprint density at radius 3 is 2.58 bits per heavy atom. The average Bonchev–Trinajstić information content (AvgIpc) is 3.03. The number of carboxylic acid groups (broad SMARTS) is 1. The third-order valence-electron chi connectivity index (χ3n) is 4.28. The summed E-state index contributed by atoms with van der Waals surface area (Å²) in [6, 6.07) is 2.05. The van der Waals surface area contributed by atoms with E-state index in [0.29, 0.717) is 21.7 Å². The van der Waals surface area contributed by atoms with Gasteiger partial charge in [0.15, 0.2) is 17.5 Å². The first kappa shape index (κ1) is 17.9. The highest BCUT2D eigenvalue weighted by Crippen LogP contribution is 2.45. The summed E-state index contributed by atoms with van der Waals surface area (Å²) < 4.78 is 51.5. The van der Waals surface area contributed by atoms with Crippen molar-refractivity contribution < 1.29 is 32.5 Å². The first-order valence-corrected chi connectivity index (χ1v) is 7.62. The molecule has 140 valence electrons. The van der Waals surface area contributed by atoms with Gasteiger partial charge in [-0.15, -0.1) is 0 Å². The molecule has 2 N–H and O–H groups in total. The van der Waals surface area contributed by atoms with E-state index in [1.54, 1.807) is 18.2 Å². The molecule has 2 aromatic rings. The fourth-order valence-electron chi connectivity index (χ4n) is 3.01. The molecule has 0 saturated heterocycles. The van der Waals surface area contributed by atoms with E-state index in [-0.39, 0.29) is 17.8 Å². The lowest BCUT2D eigenvalue weighted by molar-refractivity contribution is -0.173. The first-order valence-electron chi connectivity index (χ1n) is 7.62. The number of carboxylic acids is 1. The van der Waals surface area contributed by atoms with E-state index in [1.807, 2.05) is 0 Å². The lowest BCUT2D eigenvalue weighted by atomic mass is 9.96. The second-order valence-electron chi connectivity index (χ2n) is 5.76. The predicted molar refractivity (Wildman–Crippen MR) is 84.8 cm³/mol. The minimum absolute atomic E-state index is 0.175. The SMILES string of the molecule is COc1ccc([C@@H]2C[C@H](C(F)(F)F)n3ncc(C(=O)O)c3N2)cc1OC. The number of benzene rings is 1. The number of aromatic nitrogens is 2. The van der Waals surface area contributed by atoms with Gasteiger partial charge in [0, 0.05) is 6.42 Å². The van der Waals surface area contributed by atoms with E-state index in [4.69, 9.17) is 9.47 Å². The maximum absolute atomic E-state index is 13.5. The van der Waals surface area contributed by atoms with E-state index < -0.39 is 24.2 Å². The second kappa shape index (κ2) is 6.43. The number of halogens is 3. The summed E-state index contributed by atoms with van der Waals surface area (Å²) in [7, 11) is 2.87. The molecule has 0 bridgehead atoms. The number of carbonyl (C=O) groups is 1. The molecule has 2 heterocycles. The van der Waals surface area contributed by atoms with Gasteiger partial charge in [-0.3, -0.25) is 0 Å². The van der Waals surface area contributed by atoms with Gasteiger partial charge in [-0.2, -0.15) is 18.3 Å². The smallest absolute Gasteiger partial charge is 0.410 e. The molecule has 0 fully saturated rings. The Balaban J connectivity index is 2.05. The van der Waals surface area contributed by atoms with Crippen LogP contribution in [0.15, 0.2) is 24.4 Å². The summed E-state index contributed by atoms with van der Waals surface area (Å²) in [6.45, 7) is 0. The van der Waals surface area contributed by atoms with Gasteiger partial charge in [0.25, 0.3) is 0 Å². The van der Waals surface area contributed by atoms with Crippen molar-refractivity contribution in [1.82, 2.24) is 9.78 Å². The van der Waals surface area contributed by atoms with Crippen LogP contribution in [0.1, 0.15) is 34.4 Å². The number of ether oxygens (including phenoxy) is 2. The number of alkyl halides is 3. The Hall–Kier alpha value is -2.91. The number of fused-ring (bicyclic) bond motifs is 1. The number of nitrogens with one attached hydrogen (secondary N) is 1. The van der Waals surface area contributed by atoms with Crippen LogP contribution in [0.25, 0.3) is 0 Å². The number of rotatable bonds is 4. The zero-order valence-electron chi connectivity index (χ0n) is 13.9. The van der Waals surface area contributed by atoms with Crippen LogP contribution in [0.5, 0.6) is 11.5 Å². The van der Waals surface area contributed by atoms with Gasteiger partial charge >= 0.3 is 12.1 Å². The fraction of sp³-hybridized carbons (Fsp3) is 0.375. The van der Waals surface area contributed by atoms with Crippen LogP contribution in [0.2, 0.25) is 0 Å². The topological polar surface area (TPSA) is 85.6 Å². The first-order chi connectivity index (χ1) is 12.3. The molecule has 1 aromatic carbocycles. The zero-order valence-corrected chi connectivity index (χ0v) is 13.9. The number of hydrogen-bond donors (Lipinski definition) is 2. The van der Waals surface area contributed by atoms with Crippen LogP contribution in [0.4, 0.5) is 19.0 Å². The largest absolute Gasteiger partial charge is 0.493 e. The third kappa shape index (κ3) is 3.02. The highest BCUT2D eigenvalue weighted by atomic mass is 19.4. The van der Waals surface area contributed by atoms with E-state index >= 15 is 0 Å². The van der Waals surface area contributed by atoms with Gasteiger partial charge in [0.2, 0.25) is 0 Å². The summed E-state index contributed by atoms with van der Waals surface area (Å²) >= 11 is 0. The van der Waals surface area contributed by atoms with Crippen LogP contribution < -0.4 is 14.8 Å². The fourth-order valence-corrected chi connectivity index (χ4v) is 3.01. The maximum Gasteiger partial charge on any atom is 0.410 e.